The van der Waals surface area contributed by atoms with E-state index in [4.69, 9.17) is 34.8 Å². The average Bonchev–Trinajstić information content (AvgIpc) is 2.52. The first-order valence-electron chi connectivity index (χ1n) is 5.93. The highest BCUT2D eigenvalue weighted by Crippen LogP contribution is 2.22. The molecule has 1 unspecified atom stereocenters. The summed E-state index contributed by atoms with van der Waals surface area (Å²) in [6, 6.07) is 7.13. The van der Waals surface area contributed by atoms with Crippen molar-refractivity contribution >= 4 is 52.5 Å². The first-order valence-corrected chi connectivity index (χ1v) is 7.24. The topological polar surface area (TPSA) is 69.7 Å². The van der Waals surface area contributed by atoms with Gasteiger partial charge < -0.3 is 9.47 Å². The molecule has 22 heavy (non-hydrogen) atoms. The minimum atomic E-state index is -1.05. The van der Waals surface area contributed by atoms with E-state index in [0.29, 0.717) is 5.56 Å². The number of ketones is 1. The number of carbonyl (C=O) groups is 3. The van der Waals surface area contributed by atoms with Crippen LogP contribution < -0.4 is 0 Å². The molecule has 0 aliphatic heterocycles. The minimum absolute atomic E-state index is 0.604. The third kappa shape index (κ3) is 7.11. The second kappa shape index (κ2) is 10.4. The Bertz CT molecular complexity index is 531. The molecule has 5 nitrogen and oxygen atoms in total. The van der Waals surface area contributed by atoms with Gasteiger partial charge in [0, 0.05) is 0 Å². The van der Waals surface area contributed by atoms with Crippen molar-refractivity contribution in [3.05, 3.63) is 35.4 Å². The molecule has 0 heterocycles. The molecule has 1 atom stereocenters. The van der Waals surface area contributed by atoms with Crippen LogP contribution in [0.15, 0.2) is 24.3 Å². The first-order chi connectivity index (χ1) is 10.2. The molecule has 0 aliphatic rings. The van der Waals surface area contributed by atoms with Gasteiger partial charge in [0.2, 0.25) is 4.84 Å². The van der Waals surface area contributed by atoms with E-state index in [1.165, 1.54) is 7.11 Å². The normalized spacial score (nSPS) is 11.0. The highest BCUT2D eigenvalue weighted by molar-refractivity contribution is 6.52. The number of rotatable bonds is 4. The van der Waals surface area contributed by atoms with Gasteiger partial charge in [-0.25, -0.2) is 9.59 Å². The van der Waals surface area contributed by atoms with Crippen molar-refractivity contribution in [1.29, 1.82) is 0 Å². The standard InChI is InChI=1S/C11H11ClO3.C3H4Cl2O2/c1-7-4-3-5-8(6-7)9(12)10(13)11(14)15-2;1-7-3(6)2(4)5/h3-6,9H,1-2H3;2H,1H3. The Morgan fingerprint density at radius 1 is 1.05 bits per heavy atom. The summed E-state index contributed by atoms with van der Waals surface area (Å²) in [6.07, 6.45) is 0. The lowest BCUT2D eigenvalue weighted by Crippen LogP contribution is -2.20. The summed E-state index contributed by atoms with van der Waals surface area (Å²) in [5, 5.41) is -0.975. The Balaban J connectivity index is 0.000000534. The van der Waals surface area contributed by atoms with Crippen LogP contribution in [0.4, 0.5) is 0 Å². The molecule has 1 aromatic carbocycles. The van der Waals surface area contributed by atoms with E-state index in [9.17, 15) is 14.4 Å². The summed E-state index contributed by atoms with van der Waals surface area (Å²) >= 11 is 15.9. The van der Waals surface area contributed by atoms with Crippen LogP contribution in [0.2, 0.25) is 0 Å². The average molecular weight is 370 g/mol. The highest BCUT2D eigenvalue weighted by Gasteiger charge is 2.25. The molecule has 122 valence electrons. The molecule has 0 bridgehead atoms. The number of Topliss-reactive ketones (excluding diaryl/α,β-unsaturated/α-hetero) is 1. The van der Waals surface area contributed by atoms with Gasteiger partial charge in [0.05, 0.1) is 14.2 Å². The number of halogens is 3. The largest absolute Gasteiger partial charge is 0.467 e. The van der Waals surface area contributed by atoms with Crippen molar-refractivity contribution in [2.24, 2.45) is 0 Å². The molecule has 0 aromatic heterocycles. The minimum Gasteiger partial charge on any atom is -0.467 e. The molecule has 0 saturated carbocycles. The van der Waals surface area contributed by atoms with E-state index in [0.717, 1.165) is 12.7 Å². The maximum atomic E-state index is 11.4. The van der Waals surface area contributed by atoms with E-state index >= 15 is 0 Å². The van der Waals surface area contributed by atoms with Crippen molar-refractivity contribution in [2.45, 2.75) is 17.1 Å². The summed E-state index contributed by atoms with van der Waals surface area (Å²) in [5.41, 5.74) is 1.59. The van der Waals surface area contributed by atoms with Gasteiger partial charge in [0.1, 0.15) is 5.38 Å². The Hall–Kier alpha value is -1.30. The van der Waals surface area contributed by atoms with Crippen LogP contribution >= 0.6 is 34.8 Å². The summed E-state index contributed by atoms with van der Waals surface area (Å²) in [5.74, 6) is -2.29. The molecular formula is C14H15Cl3O5. The lowest BCUT2D eigenvalue weighted by molar-refractivity contribution is -0.151. The zero-order chi connectivity index (χ0) is 17.3. The van der Waals surface area contributed by atoms with Gasteiger partial charge >= 0.3 is 11.9 Å². The SMILES string of the molecule is COC(=O)C(=O)C(Cl)c1cccc(C)c1.COC(=O)C(Cl)Cl. The number of ether oxygens (including phenoxy) is 2. The monoisotopic (exact) mass is 368 g/mol. The quantitative estimate of drug-likeness (QED) is 0.463. The van der Waals surface area contributed by atoms with Crippen LogP contribution in [0.25, 0.3) is 0 Å². The third-order valence-electron chi connectivity index (χ3n) is 2.33. The molecule has 0 aliphatic carbocycles. The second-order valence-electron chi connectivity index (χ2n) is 3.96. The van der Waals surface area contributed by atoms with Crippen molar-refractivity contribution in [1.82, 2.24) is 0 Å². The van der Waals surface area contributed by atoms with Crippen molar-refractivity contribution in [3.8, 4) is 0 Å². The number of benzene rings is 1. The fourth-order valence-corrected chi connectivity index (χ4v) is 1.68. The predicted molar refractivity (Wildman–Crippen MR) is 84.3 cm³/mol. The Labute approximate surface area is 143 Å². The molecule has 0 amide bonds. The predicted octanol–water partition coefficient (Wildman–Crippen LogP) is 2.98. The van der Waals surface area contributed by atoms with Gasteiger partial charge in [-0.1, -0.05) is 53.0 Å². The van der Waals surface area contributed by atoms with Crippen molar-refractivity contribution in [3.63, 3.8) is 0 Å². The lowest BCUT2D eigenvalue weighted by Gasteiger charge is -2.07. The van der Waals surface area contributed by atoms with Crippen LogP contribution in [-0.2, 0) is 23.9 Å². The molecular weight excluding hydrogens is 355 g/mol. The Kier molecular flexibility index (Phi) is 9.81. The molecule has 0 saturated heterocycles. The maximum Gasteiger partial charge on any atom is 0.376 e. The Morgan fingerprint density at radius 2 is 1.64 bits per heavy atom. The fourth-order valence-electron chi connectivity index (χ4n) is 1.27. The summed E-state index contributed by atoms with van der Waals surface area (Å²) in [4.78, 5) is 31.3. The molecule has 8 heteroatoms. The van der Waals surface area contributed by atoms with Crippen LogP contribution in [0, 0.1) is 6.92 Å². The second-order valence-corrected chi connectivity index (χ2v) is 5.49. The van der Waals surface area contributed by atoms with Gasteiger partial charge in [-0.2, -0.15) is 0 Å². The number of methoxy groups -OCH3 is 2. The van der Waals surface area contributed by atoms with Gasteiger partial charge in [0.15, 0.2) is 0 Å². The zero-order valence-electron chi connectivity index (χ0n) is 12.1. The van der Waals surface area contributed by atoms with Gasteiger partial charge in [-0.3, -0.25) is 4.79 Å². The fraction of sp³-hybridized carbons (Fsp3) is 0.357. The van der Waals surface area contributed by atoms with E-state index < -0.39 is 27.9 Å². The number of hydrogen-bond donors (Lipinski definition) is 0. The van der Waals surface area contributed by atoms with Crippen LogP contribution in [-0.4, -0.2) is 36.8 Å². The van der Waals surface area contributed by atoms with Gasteiger partial charge in [0.25, 0.3) is 5.78 Å². The molecule has 1 rings (SSSR count). The summed E-state index contributed by atoms with van der Waals surface area (Å²) in [6.45, 7) is 1.88. The number of carbonyl (C=O) groups excluding carboxylic acids is 3. The third-order valence-corrected chi connectivity index (χ3v) is 3.14. The number of aryl methyl sites for hydroxylation is 1. The molecule has 0 spiro atoms. The van der Waals surface area contributed by atoms with E-state index in [1.54, 1.807) is 18.2 Å². The molecule has 1 aromatic rings. The number of esters is 2. The van der Waals surface area contributed by atoms with E-state index in [2.05, 4.69) is 9.47 Å². The van der Waals surface area contributed by atoms with Crippen LogP contribution in [0.5, 0.6) is 0 Å². The first kappa shape index (κ1) is 20.7. The smallest absolute Gasteiger partial charge is 0.376 e. The van der Waals surface area contributed by atoms with Crippen molar-refractivity contribution in [2.75, 3.05) is 14.2 Å². The summed E-state index contributed by atoms with van der Waals surface area (Å²) < 4.78 is 8.42. The maximum absolute atomic E-state index is 11.4. The van der Waals surface area contributed by atoms with E-state index in [1.807, 2.05) is 13.0 Å². The Morgan fingerprint density at radius 3 is 2.00 bits per heavy atom. The van der Waals surface area contributed by atoms with E-state index in [-0.39, 0.29) is 0 Å². The van der Waals surface area contributed by atoms with Crippen molar-refractivity contribution < 1.29 is 23.9 Å². The molecule has 0 N–H and O–H groups in total. The van der Waals surface area contributed by atoms with Crippen LogP contribution in [0.1, 0.15) is 16.5 Å². The highest BCUT2D eigenvalue weighted by atomic mass is 35.5. The van der Waals surface area contributed by atoms with Gasteiger partial charge in [-0.05, 0) is 12.5 Å². The lowest BCUT2D eigenvalue weighted by atomic mass is 10.1. The zero-order valence-corrected chi connectivity index (χ0v) is 14.4. The van der Waals surface area contributed by atoms with Gasteiger partial charge in [-0.15, -0.1) is 11.6 Å². The summed E-state index contributed by atoms with van der Waals surface area (Å²) in [7, 11) is 2.38. The van der Waals surface area contributed by atoms with Crippen LogP contribution in [0.3, 0.4) is 0 Å². The molecule has 0 fully saturated rings. The number of alkyl halides is 3. The number of hydrogen-bond acceptors (Lipinski definition) is 5. The molecule has 0 radical (unpaired) electrons.